The quantitative estimate of drug-likeness (QED) is 0.573. The van der Waals surface area contributed by atoms with Crippen molar-refractivity contribution in [1.82, 2.24) is 9.99 Å². The van der Waals surface area contributed by atoms with Crippen molar-refractivity contribution in [2.45, 2.75) is 38.6 Å². The monoisotopic (exact) mass is 435 g/mol. The molecule has 0 spiro atoms. The van der Waals surface area contributed by atoms with Crippen LogP contribution in [-0.2, 0) is 16.0 Å². The minimum atomic E-state index is -1.01. The molecule has 1 N–H and O–H groups in total. The number of carbonyl (C=O) groups excluding carboxylic acids is 1. The number of pyridine rings is 1. The van der Waals surface area contributed by atoms with Gasteiger partial charge in [0.2, 0.25) is 5.91 Å². The molecule has 1 unspecified atom stereocenters. The van der Waals surface area contributed by atoms with Gasteiger partial charge in [0.15, 0.2) is 0 Å². The summed E-state index contributed by atoms with van der Waals surface area (Å²) in [6, 6.07) is 17.4. The van der Waals surface area contributed by atoms with Crippen LogP contribution >= 0.6 is 11.6 Å². The largest absolute Gasteiger partial charge is 0.481 e. The smallest absolute Gasteiger partial charge is 0.303 e. The van der Waals surface area contributed by atoms with Crippen molar-refractivity contribution in [1.29, 1.82) is 0 Å². The first-order valence-electron chi connectivity index (χ1n) is 10.1. The Morgan fingerprint density at radius 3 is 2.65 bits per heavy atom. The Labute approximate surface area is 185 Å². The van der Waals surface area contributed by atoms with Gasteiger partial charge < -0.3 is 5.11 Å². The number of amides is 1. The molecule has 1 aromatic heterocycles. The number of nitrogens with zero attached hydrogens (tertiary/aromatic N) is 3. The van der Waals surface area contributed by atoms with Gasteiger partial charge in [0.1, 0.15) is 5.15 Å². The van der Waals surface area contributed by atoms with Crippen molar-refractivity contribution in [2.24, 2.45) is 5.10 Å². The summed E-state index contributed by atoms with van der Waals surface area (Å²) in [5.74, 6) is -1.31. The van der Waals surface area contributed by atoms with E-state index in [0.29, 0.717) is 18.0 Å². The number of hydrazone groups is 1. The van der Waals surface area contributed by atoms with Crippen LogP contribution in [0.25, 0.3) is 10.9 Å². The first kappa shape index (κ1) is 21.0. The van der Waals surface area contributed by atoms with Crippen LogP contribution in [0.1, 0.15) is 36.0 Å². The molecular formula is C24H22ClN3O3. The predicted molar refractivity (Wildman–Crippen MR) is 120 cm³/mol. The lowest BCUT2D eigenvalue weighted by Crippen LogP contribution is -2.34. The fourth-order valence-electron chi connectivity index (χ4n) is 3.83. The molecule has 4 rings (SSSR count). The molecule has 1 aliphatic rings. The third-order valence-corrected chi connectivity index (χ3v) is 5.70. The van der Waals surface area contributed by atoms with Crippen LogP contribution in [-0.4, -0.2) is 38.7 Å². The first-order valence-corrected chi connectivity index (χ1v) is 10.5. The standard InChI is InChI=1S/C24H22ClN3O3/c1-15-7-8-20-17(11-15)12-18(24(25)26-20)13-19-14-21(16-5-3-2-4-6-16)27-28(19)22(29)9-10-23(30)31/h2-8,11-12,19H,9-10,13-14H2,1H3,(H,30,31). The van der Waals surface area contributed by atoms with Crippen molar-refractivity contribution in [3.63, 3.8) is 0 Å². The number of aryl methyl sites for hydroxylation is 1. The fourth-order valence-corrected chi connectivity index (χ4v) is 4.05. The van der Waals surface area contributed by atoms with Gasteiger partial charge in [-0.25, -0.2) is 9.99 Å². The summed E-state index contributed by atoms with van der Waals surface area (Å²) >= 11 is 6.48. The molecular weight excluding hydrogens is 414 g/mol. The molecule has 0 saturated heterocycles. The Hall–Kier alpha value is -3.25. The van der Waals surface area contributed by atoms with Gasteiger partial charge in [0.25, 0.3) is 0 Å². The third-order valence-electron chi connectivity index (χ3n) is 5.37. The van der Waals surface area contributed by atoms with Crippen molar-refractivity contribution >= 4 is 40.1 Å². The average molecular weight is 436 g/mol. The van der Waals surface area contributed by atoms with E-state index in [1.807, 2.05) is 55.5 Å². The van der Waals surface area contributed by atoms with E-state index in [1.54, 1.807) is 0 Å². The lowest BCUT2D eigenvalue weighted by atomic mass is 9.98. The van der Waals surface area contributed by atoms with Crippen molar-refractivity contribution in [3.05, 3.63) is 76.4 Å². The number of halogens is 1. The van der Waals surface area contributed by atoms with Gasteiger partial charge in [-0.15, -0.1) is 0 Å². The lowest BCUT2D eigenvalue weighted by molar-refractivity contribution is -0.141. The number of benzene rings is 2. The number of carboxylic acids is 1. The Kier molecular flexibility index (Phi) is 6.00. The summed E-state index contributed by atoms with van der Waals surface area (Å²) < 4.78 is 0. The van der Waals surface area contributed by atoms with E-state index in [4.69, 9.17) is 16.7 Å². The maximum atomic E-state index is 12.8. The van der Waals surface area contributed by atoms with Gasteiger partial charge >= 0.3 is 5.97 Å². The van der Waals surface area contributed by atoms with E-state index in [9.17, 15) is 9.59 Å². The van der Waals surface area contributed by atoms with E-state index < -0.39 is 5.97 Å². The topological polar surface area (TPSA) is 82.9 Å². The molecule has 2 heterocycles. The summed E-state index contributed by atoms with van der Waals surface area (Å²) in [7, 11) is 0. The van der Waals surface area contributed by atoms with Crippen molar-refractivity contribution < 1.29 is 14.7 Å². The second kappa shape index (κ2) is 8.86. The zero-order valence-electron chi connectivity index (χ0n) is 17.1. The molecule has 2 aromatic carbocycles. The van der Waals surface area contributed by atoms with Crippen molar-refractivity contribution in [3.8, 4) is 0 Å². The number of hydrogen-bond acceptors (Lipinski definition) is 4. The molecule has 0 radical (unpaired) electrons. The van der Waals surface area contributed by atoms with E-state index in [1.165, 1.54) is 5.01 Å². The highest BCUT2D eigenvalue weighted by atomic mass is 35.5. The zero-order valence-corrected chi connectivity index (χ0v) is 17.8. The van der Waals surface area contributed by atoms with Gasteiger partial charge in [0, 0.05) is 18.2 Å². The van der Waals surface area contributed by atoms with Gasteiger partial charge in [0.05, 0.1) is 23.7 Å². The maximum Gasteiger partial charge on any atom is 0.303 e. The van der Waals surface area contributed by atoms with E-state index in [2.05, 4.69) is 16.2 Å². The molecule has 31 heavy (non-hydrogen) atoms. The summed E-state index contributed by atoms with van der Waals surface area (Å²) in [6.07, 6.45) is 0.718. The molecule has 6 nitrogen and oxygen atoms in total. The minimum Gasteiger partial charge on any atom is -0.481 e. The van der Waals surface area contributed by atoms with Gasteiger partial charge in [-0.2, -0.15) is 5.10 Å². The van der Waals surface area contributed by atoms with Gasteiger partial charge in [-0.1, -0.05) is 53.6 Å². The lowest BCUT2D eigenvalue weighted by Gasteiger charge is -2.22. The van der Waals surface area contributed by atoms with Crippen molar-refractivity contribution in [2.75, 3.05) is 0 Å². The summed E-state index contributed by atoms with van der Waals surface area (Å²) in [6.45, 7) is 2.02. The Morgan fingerprint density at radius 2 is 1.90 bits per heavy atom. The van der Waals surface area contributed by atoms with Crippen LogP contribution in [0.3, 0.4) is 0 Å². The zero-order chi connectivity index (χ0) is 22.0. The van der Waals surface area contributed by atoms with E-state index in [-0.39, 0.29) is 24.8 Å². The van der Waals surface area contributed by atoms with Gasteiger partial charge in [-0.3, -0.25) is 9.59 Å². The molecule has 1 amide bonds. The van der Waals surface area contributed by atoms with Crippen LogP contribution in [0.2, 0.25) is 5.15 Å². The number of aliphatic carboxylic acids is 1. The maximum absolute atomic E-state index is 12.8. The van der Waals surface area contributed by atoms with Crippen LogP contribution in [0.4, 0.5) is 0 Å². The molecule has 0 bridgehead atoms. The summed E-state index contributed by atoms with van der Waals surface area (Å²) in [5.41, 5.74) is 4.53. The molecule has 158 valence electrons. The number of aromatic nitrogens is 1. The molecule has 1 aliphatic heterocycles. The number of hydrogen-bond donors (Lipinski definition) is 1. The molecule has 1 atom stereocenters. The first-order chi connectivity index (χ1) is 14.9. The highest BCUT2D eigenvalue weighted by molar-refractivity contribution is 6.30. The Morgan fingerprint density at radius 1 is 1.13 bits per heavy atom. The molecule has 0 fully saturated rings. The second-order valence-corrected chi connectivity index (χ2v) is 8.10. The third kappa shape index (κ3) is 4.75. The molecule has 0 aliphatic carbocycles. The Balaban J connectivity index is 1.63. The fraction of sp³-hybridized carbons (Fsp3) is 0.250. The average Bonchev–Trinajstić information content (AvgIpc) is 3.17. The van der Waals surface area contributed by atoms with Crippen LogP contribution in [0.5, 0.6) is 0 Å². The summed E-state index contributed by atoms with van der Waals surface area (Å²) in [5, 5.41) is 16.4. The number of carboxylic acid groups (broad SMARTS) is 1. The SMILES string of the molecule is Cc1ccc2nc(Cl)c(CC3CC(c4ccccc4)=NN3C(=O)CCC(=O)O)cc2c1. The highest BCUT2D eigenvalue weighted by Crippen LogP contribution is 2.28. The molecule has 3 aromatic rings. The number of fused-ring (bicyclic) bond motifs is 1. The molecule has 7 heteroatoms. The molecule has 0 saturated carbocycles. The summed E-state index contributed by atoms with van der Waals surface area (Å²) in [4.78, 5) is 28.2. The second-order valence-electron chi connectivity index (χ2n) is 7.74. The van der Waals surface area contributed by atoms with Crippen LogP contribution in [0.15, 0.2) is 59.7 Å². The van der Waals surface area contributed by atoms with Gasteiger partial charge in [-0.05, 0) is 42.7 Å². The van der Waals surface area contributed by atoms with Crippen LogP contribution in [0, 0.1) is 6.92 Å². The highest BCUT2D eigenvalue weighted by Gasteiger charge is 2.32. The Bertz CT molecular complexity index is 1180. The number of rotatable bonds is 6. The van der Waals surface area contributed by atoms with E-state index in [0.717, 1.165) is 33.3 Å². The number of carbonyl (C=O) groups is 2. The predicted octanol–water partition coefficient (Wildman–Crippen LogP) is 4.61. The minimum absolute atomic E-state index is 0.0969. The van der Waals surface area contributed by atoms with E-state index >= 15 is 0 Å². The van der Waals surface area contributed by atoms with Crippen LogP contribution < -0.4 is 0 Å². The normalized spacial score (nSPS) is 15.9.